The first kappa shape index (κ1) is 38.3. The van der Waals surface area contributed by atoms with Crippen LogP contribution in [0.5, 0.6) is 0 Å². The zero-order valence-electron chi connectivity index (χ0n) is 35.8. The molecule has 0 atom stereocenters. The molecule has 13 rings (SSSR count). The van der Waals surface area contributed by atoms with Gasteiger partial charge in [0.15, 0.2) is 0 Å². The maximum Gasteiger partial charge on any atom is 0.336 e. The van der Waals surface area contributed by atoms with Gasteiger partial charge in [-0.2, -0.15) is 0 Å². The summed E-state index contributed by atoms with van der Waals surface area (Å²) in [5.74, 6) is 0. The van der Waals surface area contributed by atoms with Crippen molar-refractivity contribution < 1.29 is 8.83 Å². The Balaban J connectivity index is 0.984. The number of para-hydroxylation sites is 2. The molecule has 0 spiro atoms. The summed E-state index contributed by atoms with van der Waals surface area (Å²) < 4.78 is 15.8. The van der Waals surface area contributed by atoms with E-state index in [2.05, 4.69) is 184 Å². The lowest BCUT2D eigenvalue weighted by Gasteiger charge is -2.26. The van der Waals surface area contributed by atoms with Crippen molar-refractivity contribution in [3.8, 4) is 33.6 Å². The van der Waals surface area contributed by atoms with E-state index >= 15 is 0 Å². The van der Waals surface area contributed by atoms with Crippen LogP contribution >= 0.6 is 0 Å². The van der Waals surface area contributed by atoms with Gasteiger partial charge in [0.25, 0.3) is 0 Å². The molecule has 0 aliphatic rings. The summed E-state index contributed by atoms with van der Waals surface area (Å²) in [5, 5.41) is 6.11. The van der Waals surface area contributed by atoms with E-state index in [9.17, 15) is 9.59 Å². The Labute approximate surface area is 382 Å². The van der Waals surface area contributed by atoms with Crippen LogP contribution in [0.2, 0.25) is 0 Å². The Hall–Kier alpha value is -9.20. The van der Waals surface area contributed by atoms with Gasteiger partial charge in [-0.05, 0) is 119 Å². The van der Waals surface area contributed by atoms with Gasteiger partial charge in [0.2, 0.25) is 0 Å². The van der Waals surface area contributed by atoms with Crippen LogP contribution in [-0.4, -0.2) is 9.13 Å². The Morgan fingerprint density at radius 2 is 0.701 bits per heavy atom. The van der Waals surface area contributed by atoms with Gasteiger partial charge in [0.1, 0.15) is 11.2 Å². The fraction of sp³-hybridized carbons (Fsp3) is 0. The highest BCUT2D eigenvalue weighted by Crippen LogP contribution is 2.43. The summed E-state index contributed by atoms with van der Waals surface area (Å²) in [6.07, 6.45) is 0. The van der Waals surface area contributed by atoms with Crippen LogP contribution in [0.3, 0.4) is 0 Å². The molecule has 0 unspecified atom stereocenters. The first-order valence-electron chi connectivity index (χ1n) is 22.2. The number of nitrogens with zero attached hydrogens (tertiary/aromatic N) is 3. The maximum absolute atomic E-state index is 12.3. The molecule has 0 aliphatic carbocycles. The number of hydrogen-bond donors (Lipinski definition) is 0. The molecule has 0 saturated carbocycles. The second kappa shape index (κ2) is 15.2. The smallest absolute Gasteiger partial charge is 0.336 e. The van der Waals surface area contributed by atoms with Crippen LogP contribution in [0.15, 0.2) is 243 Å². The molecule has 7 nitrogen and oxygen atoms in total. The second-order valence-electron chi connectivity index (χ2n) is 16.9. The van der Waals surface area contributed by atoms with Crippen LogP contribution in [0.25, 0.3) is 99.2 Å². The van der Waals surface area contributed by atoms with Crippen LogP contribution in [0, 0.1) is 0 Å². The molecule has 0 saturated heterocycles. The van der Waals surface area contributed by atoms with E-state index in [-0.39, 0.29) is 11.3 Å². The molecule has 0 amide bonds. The van der Waals surface area contributed by atoms with Crippen LogP contribution in [-0.2, 0) is 0 Å². The number of hydrogen-bond acceptors (Lipinski definition) is 5. The van der Waals surface area contributed by atoms with Crippen LogP contribution in [0.1, 0.15) is 0 Å². The van der Waals surface area contributed by atoms with Gasteiger partial charge < -0.3 is 22.9 Å². The third kappa shape index (κ3) is 6.44. The lowest BCUT2D eigenvalue weighted by Crippen LogP contribution is -2.10. The second-order valence-corrected chi connectivity index (χ2v) is 16.9. The van der Waals surface area contributed by atoms with Crippen molar-refractivity contribution in [1.29, 1.82) is 0 Å². The average molecular weight is 864 g/mol. The number of benzene rings is 9. The van der Waals surface area contributed by atoms with Gasteiger partial charge in [0, 0.05) is 85.0 Å². The first-order valence-corrected chi connectivity index (χ1v) is 22.2. The van der Waals surface area contributed by atoms with Gasteiger partial charge in [-0.1, -0.05) is 103 Å². The average Bonchev–Trinajstić information content (AvgIpc) is 3.89. The lowest BCUT2D eigenvalue weighted by atomic mass is 10.00. The standard InChI is InChI=1S/C60H37N3O4/c64-59-32-22-42-20-26-47(36-57(42)66-59)62-53-12-6-4-10-49(53)51-34-45(28-30-55(51)62)61(44-24-18-41(19-25-44)40-16-14-39(15-17-40)38-8-2-1-3-9-38)46-29-31-56-52(35-46)50-11-5-7-13-54(50)63(56)48-27-21-43-23-33-60(65)67-58(43)37-48/h1-37H. The zero-order valence-corrected chi connectivity index (χ0v) is 35.8. The fourth-order valence-corrected chi connectivity index (χ4v) is 9.87. The van der Waals surface area contributed by atoms with Crippen LogP contribution < -0.4 is 16.2 Å². The quantitative estimate of drug-likeness (QED) is 0.149. The highest BCUT2D eigenvalue weighted by molar-refractivity contribution is 6.13. The molecule has 316 valence electrons. The molecule has 0 bridgehead atoms. The van der Waals surface area contributed by atoms with E-state index in [1.165, 1.54) is 23.3 Å². The molecular weight excluding hydrogens is 827 g/mol. The summed E-state index contributed by atoms with van der Waals surface area (Å²) in [5.41, 5.74) is 13.9. The topological polar surface area (TPSA) is 73.5 Å². The van der Waals surface area contributed by atoms with Gasteiger partial charge in [-0.25, -0.2) is 9.59 Å². The summed E-state index contributed by atoms with van der Waals surface area (Å²) in [4.78, 5) is 26.8. The van der Waals surface area contributed by atoms with E-state index in [0.717, 1.165) is 93.9 Å². The molecule has 0 fully saturated rings. The predicted octanol–water partition coefficient (Wildman–Crippen LogP) is 14.9. The van der Waals surface area contributed by atoms with Gasteiger partial charge in [-0.3, -0.25) is 0 Å². The molecule has 0 aliphatic heterocycles. The Morgan fingerprint density at radius 3 is 1.19 bits per heavy atom. The Bertz CT molecular complexity index is 3990. The molecule has 7 heteroatoms. The SMILES string of the molecule is O=c1ccc2ccc(-n3c4ccccc4c4cc(N(c5ccc(-c6ccc(-c7ccccc7)cc6)cc5)c5ccc6c(c5)c5ccccc5n6-c5ccc6ccc(=O)oc6c5)ccc43)cc2o1. The predicted molar refractivity (Wildman–Crippen MR) is 273 cm³/mol. The van der Waals surface area contributed by atoms with E-state index < -0.39 is 0 Å². The minimum Gasteiger partial charge on any atom is -0.423 e. The maximum atomic E-state index is 12.3. The minimum atomic E-state index is -0.378. The summed E-state index contributed by atoms with van der Waals surface area (Å²) in [6, 6.07) is 76.7. The van der Waals surface area contributed by atoms with E-state index in [0.29, 0.717) is 11.2 Å². The van der Waals surface area contributed by atoms with Crippen molar-refractivity contribution >= 4 is 82.6 Å². The number of rotatable bonds is 7. The third-order valence-electron chi connectivity index (χ3n) is 13.0. The molecule has 0 N–H and O–H groups in total. The van der Waals surface area contributed by atoms with Gasteiger partial charge in [-0.15, -0.1) is 0 Å². The highest BCUT2D eigenvalue weighted by atomic mass is 16.4. The summed E-state index contributed by atoms with van der Waals surface area (Å²) >= 11 is 0. The number of anilines is 3. The Kier molecular flexibility index (Phi) is 8.69. The Morgan fingerprint density at radius 1 is 0.313 bits per heavy atom. The zero-order chi connectivity index (χ0) is 44.6. The summed E-state index contributed by atoms with van der Waals surface area (Å²) in [6.45, 7) is 0. The number of fused-ring (bicyclic) bond motifs is 8. The number of aromatic nitrogens is 2. The van der Waals surface area contributed by atoms with Crippen molar-refractivity contribution in [2.45, 2.75) is 0 Å². The normalized spacial score (nSPS) is 11.7. The molecule has 4 heterocycles. The first-order chi connectivity index (χ1) is 33.0. The molecule has 67 heavy (non-hydrogen) atoms. The monoisotopic (exact) mass is 863 g/mol. The minimum absolute atomic E-state index is 0.378. The molecule has 9 aromatic carbocycles. The fourth-order valence-electron chi connectivity index (χ4n) is 9.87. The molecular formula is C60H37N3O4. The van der Waals surface area contributed by atoms with Crippen molar-refractivity contribution in [3.05, 3.63) is 245 Å². The van der Waals surface area contributed by atoms with E-state index in [1.54, 1.807) is 12.1 Å². The summed E-state index contributed by atoms with van der Waals surface area (Å²) in [7, 11) is 0. The van der Waals surface area contributed by atoms with Gasteiger partial charge in [0.05, 0.1) is 22.1 Å². The van der Waals surface area contributed by atoms with E-state index in [1.807, 2.05) is 30.3 Å². The molecule has 0 radical (unpaired) electrons. The van der Waals surface area contributed by atoms with Crippen molar-refractivity contribution in [3.63, 3.8) is 0 Å². The van der Waals surface area contributed by atoms with Crippen molar-refractivity contribution in [1.82, 2.24) is 9.13 Å². The lowest BCUT2D eigenvalue weighted by molar-refractivity contribution is 0.560. The third-order valence-corrected chi connectivity index (χ3v) is 13.0. The van der Waals surface area contributed by atoms with Gasteiger partial charge >= 0.3 is 11.3 Å². The highest BCUT2D eigenvalue weighted by Gasteiger charge is 2.21. The largest absolute Gasteiger partial charge is 0.423 e. The van der Waals surface area contributed by atoms with Crippen LogP contribution in [0.4, 0.5) is 17.1 Å². The van der Waals surface area contributed by atoms with E-state index in [4.69, 9.17) is 8.83 Å². The molecule has 13 aromatic rings. The van der Waals surface area contributed by atoms with Crippen molar-refractivity contribution in [2.24, 2.45) is 0 Å². The van der Waals surface area contributed by atoms with Crippen molar-refractivity contribution in [2.75, 3.05) is 4.90 Å². The molecule has 4 aromatic heterocycles.